The van der Waals surface area contributed by atoms with Gasteiger partial charge in [-0.05, 0) is 18.9 Å². The summed E-state index contributed by atoms with van der Waals surface area (Å²) in [5.74, 6) is 1.69. The third kappa shape index (κ3) is 2.42. The second-order valence-electron chi connectivity index (χ2n) is 5.47. The maximum atomic E-state index is 6.33. The van der Waals surface area contributed by atoms with Crippen molar-refractivity contribution in [2.24, 2.45) is 5.73 Å². The third-order valence-corrected chi connectivity index (χ3v) is 4.16. The molecule has 0 amide bonds. The van der Waals surface area contributed by atoms with Gasteiger partial charge in [-0.25, -0.2) is 0 Å². The summed E-state index contributed by atoms with van der Waals surface area (Å²) in [7, 11) is 1.67. The summed E-state index contributed by atoms with van der Waals surface area (Å²) in [6.07, 6.45) is 3.83. The van der Waals surface area contributed by atoms with Crippen molar-refractivity contribution in [2.45, 2.75) is 37.3 Å². The Hall–Kier alpha value is -1.26. The Bertz CT molecular complexity index is 453. The first-order valence-corrected chi connectivity index (χ1v) is 6.93. The second-order valence-corrected chi connectivity index (χ2v) is 5.47. The highest BCUT2D eigenvalue weighted by atomic mass is 16.5. The molecule has 1 aromatic carbocycles. The molecule has 3 rings (SSSR count). The molecule has 104 valence electrons. The molecule has 4 nitrogen and oxygen atoms in total. The van der Waals surface area contributed by atoms with Crippen molar-refractivity contribution in [2.75, 3.05) is 20.3 Å². The zero-order chi connectivity index (χ0) is 13.3. The van der Waals surface area contributed by atoms with Crippen LogP contribution in [0.25, 0.3) is 0 Å². The summed E-state index contributed by atoms with van der Waals surface area (Å²) >= 11 is 0. The van der Waals surface area contributed by atoms with Gasteiger partial charge in [0.05, 0.1) is 13.7 Å². The van der Waals surface area contributed by atoms with Crippen LogP contribution in [0.15, 0.2) is 18.2 Å². The van der Waals surface area contributed by atoms with Crippen molar-refractivity contribution < 1.29 is 14.2 Å². The minimum atomic E-state index is -0.157. The van der Waals surface area contributed by atoms with Gasteiger partial charge < -0.3 is 19.9 Å². The van der Waals surface area contributed by atoms with E-state index >= 15 is 0 Å². The van der Waals surface area contributed by atoms with Crippen LogP contribution in [0.1, 0.15) is 37.3 Å². The van der Waals surface area contributed by atoms with E-state index in [9.17, 15) is 0 Å². The van der Waals surface area contributed by atoms with Gasteiger partial charge in [-0.3, -0.25) is 0 Å². The maximum absolute atomic E-state index is 6.33. The van der Waals surface area contributed by atoms with Crippen LogP contribution in [0.2, 0.25) is 0 Å². The standard InChI is InChI=1S/C15H21NO3/c1-17-11-3-4-12-13(16)10-15(19-14(12)9-11)5-2-7-18-8-6-15/h3-4,9,13H,2,5-8,10,16H2,1H3. The average molecular weight is 263 g/mol. The molecule has 1 aromatic rings. The van der Waals surface area contributed by atoms with Crippen molar-refractivity contribution in [1.29, 1.82) is 0 Å². The molecule has 0 bridgehead atoms. The lowest BCUT2D eigenvalue weighted by molar-refractivity contribution is 0.0154. The summed E-state index contributed by atoms with van der Waals surface area (Å²) in [6, 6.07) is 5.93. The van der Waals surface area contributed by atoms with Gasteiger partial charge in [0.15, 0.2) is 0 Å². The Kier molecular flexibility index (Phi) is 3.37. The van der Waals surface area contributed by atoms with E-state index in [1.165, 1.54) is 0 Å². The van der Waals surface area contributed by atoms with Crippen molar-refractivity contribution in [1.82, 2.24) is 0 Å². The summed E-state index contributed by atoms with van der Waals surface area (Å²) in [4.78, 5) is 0. The van der Waals surface area contributed by atoms with Gasteiger partial charge in [0.25, 0.3) is 0 Å². The molecule has 4 heteroatoms. The first-order valence-electron chi connectivity index (χ1n) is 6.93. The summed E-state index contributed by atoms with van der Waals surface area (Å²) in [5.41, 5.74) is 7.26. The molecule has 2 heterocycles. The molecule has 1 saturated heterocycles. The number of fused-ring (bicyclic) bond motifs is 1. The van der Waals surface area contributed by atoms with Gasteiger partial charge in [-0.1, -0.05) is 6.07 Å². The number of rotatable bonds is 1. The molecule has 0 aromatic heterocycles. The van der Waals surface area contributed by atoms with E-state index in [4.69, 9.17) is 19.9 Å². The number of nitrogens with two attached hydrogens (primary N) is 1. The fourth-order valence-corrected chi connectivity index (χ4v) is 3.11. The number of benzene rings is 1. The Labute approximate surface area is 113 Å². The van der Waals surface area contributed by atoms with Crippen LogP contribution in [-0.2, 0) is 4.74 Å². The fraction of sp³-hybridized carbons (Fsp3) is 0.600. The summed E-state index contributed by atoms with van der Waals surface area (Å²) in [5, 5.41) is 0. The quantitative estimate of drug-likeness (QED) is 0.845. The van der Waals surface area contributed by atoms with Crippen molar-refractivity contribution in [3.63, 3.8) is 0 Å². The van der Waals surface area contributed by atoms with Crippen LogP contribution >= 0.6 is 0 Å². The average Bonchev–Trinajstić information content (AvgIpc) is 2.63. The maximum Gasteiger partial charge on any atom is 0.128 e. The molecule has 0 radical (unpaired) electrons. The molecule has 2 N–H and O–H groups in total. The molecule has 19 heavy (non-hydrogen) atoms. The van der Waals surface area contributed by atoms with Gasteiger partial charge in [0, 0.05) is 37.1 Å². The molecule has 1 fully saturated rings. The molecule has 2 aliphatic heterocycles. The molecule has 2 unspecified atom stereocenters. The Morgan fingerprint density at radius 3 is 3.05 bits per heavy atom. The largest absolute Gasteiger partial charge is 0.497 e. The minimum Gasteiger partial charge on any atom is -0.497 e. The predicted molar refractivity (Wildman–Crippen MR) is 72.6 cm³/mol. The number of methoxy groups -OCH3 is 1. The van der Waals surface area contributed by atoms with Gasteiger partial charge in [-0.2, -0.15) is 0 Å². The van der Waals surface area contributed by atoms with Gasteiger partial charge in [0.1, 0.15) is 17.1 Å². The van der Waals surface area contributed by atoms with Gasteiger partial charge in [-0.15, -0.1) is 0 Å². The van der Waals surface area contributed by atoms with Gasteiger partial charge >= 0.3 is 0 Å². The molecular weight excluding hydrogens is 242 g/mol. The minimum absolute atomic E-state index is 0.0350. The highest BCUT2D eigenvalue weighted by Gasteiger charge is 2.40. The molecule has 1 spiro atoms. The summed E-state index contributed by atoms with van der Waals surface area (Å²) in [6.45, 7) is 1.58. The van der Waals surface area contributed by atoms with Crippen LogP contribution < -0.4 is 15.2 Å². The lowest BCUT2D eigenvalue weighted by atomic mass is 9.82. The van der Waals surface area contributed by atoms with E-state index in [0.717, 1.165) is 56.0 Å². The van der Waals surface area contributed by atoms with Crippen molar-refractivity contribution in [3.05, 3.63) is 23.8 Å². The van der Waals surface area contributed by atoms with Crippen LogP contribution in [0.3, 0.4) is 0 Å². The second kappa shape index (κ2) is 5.02. The SMILES string of the molecule is COc1ccc2c(c1)OC1(CCCOCC1)CC2N. The molecular formula is C15H21NO3. The topological polar surface area (TPSA) is 53.7 Å². The number of hydrogen-bond donors (Lipinski definition) is 1. The van der Waals surface area contributed by atoms with Crippen LogP contribution in [-0.4, -0.2) is 25.9 Å². The number of ether oxygens (including phenoxy) is 3. The molecule has 0 aliphatic carbocycles. The van der Waals surface area contributed by atoms with E-state index < -0.39 is 0 Å². The van der Waals surface area contributed by atoms with E-state index in [0.29, 0.717) is 0 Å². The van der Waals surface area contributed by atoms with Gasteiger partial charge in [0.2, 0.25) is 0 Å². The zero-order valence-corrected chi connectivity index (χ0v) is 11.4. The van der Waals surface area contributed by atoms with Crippen LogP contribution in [0, 0.1) is 0 Å². The lowest BCUT2D eigenvalue weighted by Gasteiger charge is -2.40. The monoisotopic (exact) mass is 263 g/mol. The Morgan fingerprint density at radius 2 is 2.21 bits per heavy atom. The van der Waals surface area contributed by atoms with E-state index in [2.05, 4.69) is 0 Å². The van der Waals surface area contributed by atoms with Crippen LogP contribution in [0.4, 0.5) is 0 Å². The smallest absolute Gasteiger partial charge is 0.128 e. The molecule has 2 aliphatic rings. The van der Waals surface area contributed by atoms with Crippen molar-refractivity contribution in [3.8, 4) is 11.5 Å². The Balaban J connectivity index is 1.92. The predicted octanol–water partition coefficient (Wildman–Crippen LogP) is 2.42. The highest BCUT2D eigenvalue weighted by Crippen LogP contribution is 2.44. The molecule has 0 saturated carbocycles. The fourth-order valence-electron chi connectivity index (χ4n) is 3.11. The Morgan fingerprint density at radius 1 is 1.32 bits per heavy atom. The van der Waals surface area contributed by atoms with Crippen LogP contribution in [0.5, 0.6) is 11.5 Å². The molecule has 2 atom stereocenters. The summed E-state index contributed by atoms with van der Waals surface area (Å²) < 4.78 is 17.1. The zero-order valence-electron chi connectivity index (χ0n) is 11.4. The first-order chi connectivity index (χ1) is 9.22. The lowest BCUT2D eigenvalue weighted by Crippen LogP contribution is -2.43. The number of hydrogen-bond acceptors (Lipinski definition) is 4. The van der Waals surface area contributed by atoms with E-state index in [-0.39, 0.29) is 11.6 Å². The highest BCUT2D eigenvalue weighted by molar-refractivity contribution is 5.44. The van der Waals surface area contributed by atoms with E-state index in [1.54, 1.807) is 7.11 Å². The van der Waals surface area contributed by atoms with E-state index in [1.807, 2.05) is 18.2 Å². The normalized spacial score (nSPS) is 30.3. The van der Waals surface area contributed by atoms with Crippen molar-refractivity contribution >= 4 is 0 Å². The first kappa shape index (κ1) is 12.8. The third-order valence-electron chi connectivity index (χ3n) is 4.16.